The molecule has 6 heteroatoms. The summed E-state index contributed by atoms with van der Waals surface area (Å²) in [5, 5.41) is 28.7. The van der Waals surface area contributed by atoms with Crippen molar-refractivity contribution < 1.29 is 29.6 Å². The van der Waals surface area contributed by atoms with Crippen molar-refractivity contribution in [1.82, 2.24) is 0 Å². The van der Waals surface area contributed by atoms with Crippen molar-refractivity contribution in [2.45, 2.75) is 121 Å². The second-order valence-corrected chi connectivity index (χ2v) is 8.07. The number of aliphatic hydroxyl groups is 3. The first-order chi connectivity index (χ1) is 14.1. The highest BCUT2D eigenvalue weighted by molar-refractivity contribution is 5.69. The molecule has 6 nitrogen and oxygen atoms in total. The molecule has 1 rings (SSSR count). The van der Waals surface area contributed by atoms with Gasteiger partial charge in [-0.2, -0.15) is 0 Å². The minimum absolute atomic E-state index is 0.163. The van der Waals surface area contributed by atoms with Gasteiger partial charge in [-0.05, 0) is 32.1 Å². The van der Waals surface area contributed by atoms with Crippen LogP contribution < -0.4 is 0 Å². The van der Waals surface area contributed by atoms with Gasteiger partial charge in [-0.25, -0.2) is 0 Å². The van der Waals surface area contributed by atoms with E-state index >= 15 is 0 Å². The number of rotatable bonds is 16. The molecule has 0 aromatic carbocycles. The molecule has 4 atom stereocenters. The fourth-order valence-electron chi connectivity index (χ4n) is 3.41. The number of carbonyl (C=O) groups is 1. The number of hydrogen-bond acceptors (Lipinski definition) is 6. The van der Waals surface area contributed by atoms with Crippen molar-refractivity contribution in [3.05, 3.63) is 12.2 Å². The highest BCUT2D eigenvalue weighted by atomic mass is 16.7. The Kier molecular flexibility index (Phi) is 15.1. The molecular weight excluding hydrogens is 372 g/mol. The van der Waals surface area contributed by atoms with Crippen LogP contribution >= 0.6 is 0 Å². The lowest BCUT2D eigenvalue weighted by Gasteiger charge is -2.34. The molecule has 0 spiro atoms. The van der Waals surface area contributed by atoms with E-state index in [4.69, 9.17) is 9.47 Å². The quantitative estimate of drug-likeness (QED) is 0.201. The molecule has 0 aromatic rings. The van der Waals surface area contributed by atoms with Crippen molar-refractivity contribution in [2.75, 3.05) is 6.61 Å². The van der Waals surface area contributed by atoms with Gasteiger partial charge in [0, 0.05) is 6.42 Å². The summed E-state index contributed by atoms with van der Waals surface area (Å²) in [7, 11) is 0. The lowest BCUT2D eigenvalue weighted by atomic mass is 10.1. The van der Waals surface area contributed by atoms with Crippen LogP contribution in [0.3, 0.4) is 0 Å². The summed E-state index contributed by atoms with van der Waals surface area (Å²) in [4.78, 5) is 11.8. The Morgan fingerprint density at radius 3 is 2.03 bits per heavy atom. The fourth-order valence-corrected chi connectivity index (χ4v) is 3.41. The molecule has 0 aromatic heterocycles. The average Bonchev–Trinajstić information content (AvgIpc) is 2.71. The fraction of sp³-hybridized carbons (Fsp3) is 0.870. The Balaban J connectivity index is 1.90. The maximum atomic E-state index is 11.8. The van der Waals surface area contributed by atoms with Gasteiger partial charge >= 0.3 is 5.97 Å². The van der Waals surface area contributed by atoms with Crippen LogP contribution in [-0.2, 0) is 14.3 Å². The van der Waals surface area contributed by atoms with E-state index in [2.05, 4.69) is 19.1 Å². The van der Waals surface area contributed by atoms with Crippen LogP contribution in [0.4, 0.5) is 0 Å². The Morgan fingerprint density at radius 2 is 1.41 bits per heavy atom. The van der Waals surface area contributed by atoms with E-state index < -0.39 is 30.6 Å². The number of aliphatic hydroxyl groups excluding tert-OH is 3. The smallest absolute Gasteiger partial charge is 0.308 e. The van der Waals surface area contributed by atoms with E-state index in [1.165, 1.54) is 51.4 Å². The van der Waals surface area contributed by atoms with Crippen molar-refractivity contribution in [2.24, 2.45) is 0 Å². The summed E-state index contributed by atoms with van der Waals surface area (Å²) < 4.78 is 10.1. The van der Waals surface area contributed by atoms with E-state index in [-0.39, 0.29) is 13.0 Å². The zero-order valence-electron chi connectivity index (χ0n) is 18.1. The molecule has 29 heavy (non-hydrogen) atoms. The zero-order valence-corrected chi connectivity index (χ0v) is 18.1. The summed E-state index contributed by atoms with van der Waals surface area (Å²) in [6.45, 7) is 2.08. The van der Waals surface area contributed by atoms with Gasteiger partial charge in [-0.1, -0.05) is 70.4 Å². The third-order valence-electron chi connectivity index (χ3n) is 5.34. The summed E-state index contributed by atoms with van der Waals surface area (Å²) in [6.07, 6.45) is 15.3. The molecule has 0 aliphatic carbocycles. The van der Waals surface area contributed by atoms with Gasteiger partial charge in [0.05, 0.1) is 6.61 Å². The van der Waals surface area contributed by atoms with Crippen molar-refractivity contribution in [3.63, 3.8) is 0 Å². The van der Waals surface area contributed by atoms with Gasteiger partial charge in [0.2, 0.25) is 6.29 Å². The van der Waals surface area contributed by atoms with Crippen LogP contribution in [0.1, 0.15) is 96.8 Å². The number of esters is 1. The number of unbranched alkanes of at least 4 members (excludes halogenated alkanes) is 11. The third-order valence-corrected chi connectivity index (χ3v) is 5.34. The molecule has 0 saturated carbocycles. The van der Waals surface area contributed by atoms with Crippen LogP contribution in [0, 0.1) is 0 Å². The van der Waals surface area contributed by atoms with Gasteiger partial charge in [0.1, 0.15) is 18.3 Å². The van der Waals surface area contributed by atoms with Crippen LogP contribution in [0.5, 0.6) is 0 Å². The first-order valence-corrected chi connectivity index (χ1v) is 11.6. The molecule has 0 radical (unpaired) electrons. The predicted molar refractivity (Wildman–Crippen MR) is 113 cm³/mol. The molecule has 1 aliphatic rings. The van der Waals surface area contributed by atoms with Crippen LogP contribution in [0.15, 0.2) is 12.2 Å². The predicted octanol–water partition coefficient (Wildman–Crippen LogP) is 4.01. The normalized spacial score (nSPS) is 24.8. The molecular formula is C23H42O6. The van der Waals surface area contributed by atoms with E-state index in [1.54, 1.807) is 0 Å². The third kappa shape index (κ3) is 12.4. The molecule has 0 bridgehead atoms. The highest BCUT2D eigenvalue weighted by Gasteiger charge is 2.39. The minimum atomic E-state index is -1.42. The van der Waals surface area contributed by atoms with Crippen LogP contribution in [0.25, 0.3) is 0 Å². The maximum Gasteiger partial charge on any atom is 0.308 e. The Morgan fingerprint density at radius 1 is 0.862 bits per heavy atom. The molecule has 4 unspecified atom stereocenters. The average molecular weight is 415 g/mol. The first kappa shape index (κ1) is 26.1. The molecule has 1 heterocycles. The highest BCUT2D eigenvalue weighted by Crippen LogP contribution is 2.18. The summed E-state index contributed by atoms with van der Waals surface area (Å²) in [6, 6.07) is 0. The summed E-state index contributed by atoms with van der Waals surface area (Å²) in [5.41, 5.74) is 0. The van der Waals surface area contributed by atoms with Crippen molar-refractivity contribution in [3.8, 4) is 0 Å². The zero-order chi connectivity index (χ0) is 21.3. The molecule has 3 N–H and O–H groups in total. The van der Waals surface area contributed by atoms with E-state index in [0.717, 1.165) is 32.1 Å². The molecule has 1 fully saturated rings. The number of allylic oxidation sites excluding steroid dienone is 2. The van der Waals surface area contributed by atoms with Gasteiger partial charge in [-0.15, -0.1) is 0 Å². The molecule has 170 valence electrons. The Labute approximate surface area is 176 Å². The molecule has 1 aliphatic heterocycles. The first-order valence-electron chi connectivity index (χ1n) is 11.6. The van der Waals surface area contributed by atoms with E-state index in [9.17, 15) is 20.1 Å². The van der Waals surface area contributed by atoms with Crippen LogP contribution in [0.2, 0.25) is 0 Å². The van der Waals surface area contributed by atoms with Crippen molar-refractivity contribution in [1.29, 1.82) is 0 Å². The van der Waals surface area contributed by atoms with Gasteiger partial charge in [0.25, 0.3) is 0 Å². The number of carbonyl (C=O) groups excluding carboxylic acids is 1. The summed E-state index contributed by atoms with van der Waals surface area (Å²) in [5.74, 6) is -0.449. The minimum Gasteiger partial charge on any atom is -0.433 e. The Hall–Kier alpha value is -0.950. The standard InChI is InChI=1S/C23H42O6/c1-2-3-4-5-6-7-8-9-10-11-12-13-14-15-16-17-20(25)29-23-22(27)21(26)19(24)18-28-23/h9-10,19,21-24,26-27H,2-8,11-18H2,1H3. The Bertz CT molecular complexity index is 439. The van der Waals surface area contributed by atoms with Crippen LogP contribution in [-0.4, -0.2) is 52.5 Å². The lowest BCUT2D eigenvalue weighted by molar-refractivity contribution is -0.262. The number of hydrogen-bond donors (Lipinski definition) is 3. The van der Waals surface area contributed by atoms with E-state index in [0.29, 0.717) is 0 Å². The summed E-state index contributed by atoms with van der Waals surface area (Å²) >= 11 is 0. The largest absolute Gasteiger partial charge is 0.433 e. The molecule has 1 saturated heterocycles. The van der Waals surface area contributed by atoms with E-state index in [1.807, 2.05) is 0 Å². The maximum absolute atomic E-state index is 11.8. The monoisotopic (exact) mass is 414 g/mol. The van der Waals surface area contributed by atoms with Gasteiger partial charge in [-0.3, -0.25) is 4.79 Å². The van der Waals surface area contributed by atoms with Crippen molar-refractivity contribution >= 4 is 5.97 Å². The lowest BCUT2D eigenvalue weighted by Crippen LogP contribution is -2.54. The van der Waals surface area contributed by atoms with Gasteiger partial charge in [0.15, 0.2) is 0 Å². The SMILES string of the molecule is CCCCCCCCC=CCCCCCCCC(=O)OC1OCC(O)C(O)C1O. The van der Waals surface area contributed by atoms with Gasteiger partial charge < -0.3 is 24.8 Å². The molecule has 0 amide bonds. The second kappa shape index (κ2) is 16.8. The number of ether oxygens (including phenoxy) is 2. The second-order valence-electron chi connectivity index (χ2n) is 8.07. The topological polar surface area (TPSA) is 96.2 Å².